The van der Waals surface area contributed by atoms with E-state index in [0.717, 1.165) is 18.5 Å². The summed E-state index contributed by atoms with van der Waals surface area (Å²) in [5.74, 6) is -1.92. The van der Waals surface area contributed by atoms with E-state index in [9.17, 15) is 9.18 Å². The summed E-state index contributed by atoms with van der Waals surface area (Å²) in [4.78, 5) is 14.3. The Hall–Kier alpha value is -1.72. The molecular weight excluding hydrogens is 277 g/mol. The van der Waals surface area contributed by atoms with Crippen molar-refractivity contribution in [3.63, 3.8) is 0 Å². The topological polar surface area (TPSA) is 40.5 Å². The molecule has 2 rings (SSSR count). The van der Waals surface area contributed by atoms with Crippen LogP contribution in [0.2, 0.25) is 0 Å². The Morgan fingerprint density at radius 3 is 2.85 bits per heavy atom. The van der Waals surface area contributed by atoms with E-state index in [4.69, 9.17) is 5.11 Å². The Kier molecular flexibility index (Phi) is 4.87. The summed E-state index contributed by atoms with van der Waals surface area (Å²) in [7, 11) is 1.97. The predicted molar refractivity (Wildman–Crippen MR) is 77.7 cm³/mol. The number of carbonyl (C=O) groups is 1. The monoisotopic (exact) mass is 293 g/mol. The molecule has 106 valence electrons. The lowest BCUT2D eigenvalue weighted by molar-refractivity contribution is 0.0691. The van der Waals surface area contributed by atoms with Gasteiger partial charge >= 0.3 is 5.97 Å². The van der Waals surface area contributed by atoms with Crippen LogP contribution in [-0.4, -0.2) is 29.6 Å². The minimum absolute atomic E-state index is 0.269. The first-order valence-corrected chi connectivity index (χ1v) is 7.17. The first kappa shape index (κ1) is 14.7. The standard InChI is InChI=1S/C15H16FNO2S/c1-17(7-6-12-3-2-8-20-12)10-11-4-5-14(16)13(9-11)15(18)19/h2-5,8-9H,6-7,10H2,1H3,(H,18,19). The molecule has 0 bridgehead atoms. The number of likely N-dealkylation sites (N-methyl/N-ethyl adjacent to an activating group) is 1. The molecule has 20 heavy (non-hydrogen) atoms. The fourth-order valence-electron chi connectivity index (χ4n) is 1.98. The first-order valence-electron chi connectivity index (χ1n) is 6.29. The maximum atomic E-state index is 13.3. The van der Waals surface area contributed by atoms with Gasteiger partial charge in [-0.05, 0) is 42.6 Å². The van der Waals surface area contributed by atoms with E-state index >= 15 is 0 Å². The number of rotatable bonds is 6. The average molecular weight is 293 g/mol. The zero-order valence-corrected chi connectivity index (χ0v) is 12.0. The van der Waals surface area contributed by atoms with Crippen LogP contribution in [0.3, 0.4) is 0 Å². The molecule has 1 heterocycles. The highest BCUT2D eigenvalue weighted by Gasteiger charge is 2.11. The van der Waals surface area contributed by atoms with Crippen LogP contribution in [0.5, 0.6) is 0 Å². The molecule has 1 aromatic carbocycles. The lowest BCUT2D eigenvalue weighted by Gasteiger charge is -2.16. The minimum atomic E-state index is -1.23. The van der Waals surface area contributed by atoms with Crippen molar-refractivity contribution in [2.75, 3.05) is 13.6 Å². The summed E-state index contributed by atoms with van der Waals surface area (Å²) in [5.41, 5.74) is 0.534. The highest BCUT2D eigenvalue weighted by Crippen LogP contribution is 2.13. The summed E-state index contributed by atoms with van der Waals surface area (Å²) < 4.78 is 13.3. The molecular formula is C15H16FNO2S. The van der Waals surface area contributed by atoms with Gasteiger partial charge in [0.05, 0.1) is 5.56 Å². The molecule has 0 fully saturated rings. The number of thiophene rings is 1. The van der Waals surface area contributed by atoms with Crippen LogP contribution in [0.25, 0.3) is 0 Å². The molecule has 1 N–H and O–H groups in total. The molecule has 3 nitrogen and oxygen atoms in total. The molecule has 0 unspecified atom stereocenters. The van der Waals surface area contributed by atoms with Crippen molar-refractivity contribution in [1.82, 2.24) is 4.90 Å². The number of benzene rings is 1. The summed E-state index contributed by atoms with van der Waals surface area (Å²) in [6.45, 7) is 1.48. The molecule has 0 aliphatic heterocycles. The van der Waals surface area contributed by atoms with Crippen LogP contribution in [0, 0.1) is 5.82 Å². The van der Waals surface area contributed by atoms with Gasteiger partial charge in [-0.2, -0.15) is 0 Å². The fraction of sp³-hybridized carbons (Fsp3) is 0.267. The molecule has 0 spiro atoms. The van der Waals surface area contributed by atoms with Crippen LogP contribution >= 0.6 is 11.3 Å². The molecule has 0 saturated heterocycles. The number of hydrogen-bond donors (Lipinski definition) is 1. The van der Waals surface area contributed by atoms with Crippen molar-refractivity contribution < 1.29 is 14.3 Å². The van der Waals surface area contributed by atoms with Crippen molar-refractivity contribution in [1.29, 1.82) is 0 Å². The maximum absolute atomic E-state index is 13.3. The highest BCUT2D eigenvalue weighted by atomic mass is 32.1. The van der Waals surface area contributed by atoms with Crippen LogP contribution in [0.4, 0.5) is 4.39 Å². The number of carboxylic acid groups (broad SMARTS) is 1. The largest absolute Gasteiger partial charge is 0.478 e. The quantitative estimate of drug-likeness (QED) is 0.888. The van der Waals surface area contributed by atoms with E-state index < -0.39 is 11.8 Å². The van der Waals surface area contributed by atoms with Crippen LogP contribution in [0.1, 0.15) is 20.8 Å². The lowest BCUT2D eigenvalue weighted by Crippen LogP contribution is -2.20. The summed E-state index contributed by atoms with van der Waals surface area (Å²) in [6.07, 6.45) is 0.959. The van der Waals surface area contributed by atoms with Gasteiger partial charge in [-0.15, -0.1) is 11.3 Å². The zero-order valence-electron chi connectivity index (χ0n) is 11.2. The molecule has 0 amide bonds. The van der Waals surface area contributed by atoms with Crippen molar-refractivity contribution >= 4 is 17.3 Å². The number of nitrogens with zero attached hydrogens (tertiary/aromatic N) is 1. The SMILES string of the molecule is CN(CCc1cccs1)Cc1ccc(F)c(C(=O)O)c1. The maximum Gasteiger partial charge on any atom is 0.338 e. The van der Waals surface area contributed by atoms with E-state index in [1.807, 2.05) is 13.1 Å². The van der Waals surface area contributed by atoms with E-state index in [1.165, 1.54) is 17.0 Å². The smallest absolute Gasteiger partial charge is 0.338 e. The fourth-order valence-corrected chi connectivity index (χ4v) is 2.68. The van der Waals surface area contributed by atoms with E-state index in [0.29, 0.717) is 6.54 Å². The zero-order chi connectivity index (χ0) is 14.5. The van der Waals surface area contributed by atoms with Crippen LogP contribution in [-0.2, 0) is 13.0 Å². The average Bonchev–Trinajstić information content (AvgIpc) is 2.91. The Morgan fingerprint density at radius 1 is 1.40 bits per heavy atom. The second kappa shape index (κ2) is 6.63. The Balaban J connectivity index is 1.95. The predicted octanol–water partition coefficient (Wildman–Crippen LogP) is 3.26. The molecule has 0 aliphatic carbocycles. The van der Waals surface area contributed by atoms with E-state index in [-0.39, 0.29) is 5.56 Å². The molecule has 0 atom stereocenters. The third-order valence-corrected chi connectivity index (χ3v) is 3.97. The number of halogens is 1. The van der Waals surface area contributed by atoms with Gasteiger partial charge in [0, 0.05) is 18.0 Å². The summed E-state index contributed by atoms with van der Waals surface area (Å²) in [5, 5.41) is 11.0. The third-order valence-electron chi connectivity index (χ3n) is 3.03. The van der Waals surface area contributed by atoms with Crippen molar-refractivity contribution in [3.8, 4) is 0 Å². The van der Waals surface area contributed by atoms with Gasteiger partial charge in [-0.3, -0.25) is 0 Å². The summed E-state index contributed by atoms with van der Waals surface area (Å²) in [6, 6.07) is 8.37. The van der Waals surface area contributed by atoms with Gasteiger partial charge in [-0.1, -0.05) is 12.1 Å². The Labute approximate surface area is 121 Å². The normalized spacial score (nSPS) is 10.9. The van der Waals surface area contributed by atoms with Crippen molar-refractivity contribution in [3.05, 3.63) is 57.5 Å². The number of aromatic carboxylic acids is 1. The minimum Gasteiger partial charge on any atom is -0.478 e. The number of carboxylic acids is 1. The van der Waals surface area contributed by atoms with E-state index in [2.05, 4.69) is 16.3 Å². The van der Waals surface area contributed by atoms with Gasteiger partial charge < -0.3 is 10.0 Å². The van der Waals surface area contributed by atoms with Crippen LogP contribution in [0.15, 0.2) is 35.7 Å². The van der Waals surface area contributed by atoms with Gasteiger partial charge in [-0.25, -0.2) is 9.18 Å². The summed E-state index contributed by atoms with van der Waals surface area (Å²) >= 11 is 1.73. The second-order valence-corrected chi connectivity index (χ2v) is 5.72. The van der Waals surface area contributed by atoms with E-state index in [1.54, 1.807) is 17.4 Å². The molecule has 1 aromatic heterocycles. The van der Waals surface area contributed by atoms with Gasteiger partial charge in [0.15, 0.2) is 0 Å². The third kappa shape index (κ3) is 3.88. The van der Waals surface area contributed by atoms with Gasteiger partial charge in [0.2, 0.25) is 0 Å². The molecule has 0 aliphatic rings. The second-order valence-electron chi connectivity index (χ2n) is 4.69. The Morgan fingerprint density at radius 2 is 2.20 bits per heavy atom. The highest BCUT2D eigenvalue weighted by molar-refractivity contribution is 7.09. The van der Waals surface area contributed by atoms with Crippen molar-refractivity contribution in [2.24, 2.45) is 0 Å². The number of hydrogen-bond acceptors (Lipinski definition) is 3. The first-order chi connectivity index (χ1) is 9.56. The van der Waals surface area contributed by atoms with Crippen LogP contribution < -0.4 is 0 Å². The molecule has 2 aromatic rings. The Bertz CT molecular complexity index is 584. The molecule has 0 saturated carbocycles. The lowest BCUT2D eigenvalue weighted by atomic mass is 10.1. The van der Waals surface area contributed by atoms with Gasteiger partial charge in [0.25, 0.3) is 0 Å². The van der Waals surface area contributed by atoms with Gasteiger partial charge in [0.1, 0.15) is 5.82 Å². The molecule has 5 heteroatoms. The molecule has 0 radical (unpaired) electrons. The van der Waals surface area contributed by atoms with Crippen molar-refractivity contribution in [2.45, 2.75) is 13.0 Å².